The van der Waals surface area contributed by atoms with Gasteiger partial charge < -0.3 is 9.84 Å². The van der Waals surface area contributed by atoms with Gasteiger partial charge >= 0.3 is 0 Å². The Kier molecular flexibility index (Phi) is 5.05. The van der Waals surface area contributed by atoms with E-state index >= 15 is 0 Å². The lowest BCUT2D eigenvalue weighted by Gasteiger charge is -2.30. The highest BCUT2D eigenvalue weighted by Gasteiger charge is 2.51. The summed E-state index contributed by atoms with van der Waals surface area (Å²) < 4.78 is 5.48. The molecule has 6 nitrogen and oxygen atoms in total. The predicted octanol–water partition coefficient (Wildman–Crippen LogP) is 2.01. The first-order valence-electron chi connectivity index (χ1n) is 8.70. The summed E-state index contributed by atoms with van der Waals surface area (Å²) in [6.45, 7) is -0.0499. The third kappa shape index (κ3) is 3.67. The number of hydrogen-bond acceptors (Lipinski definition) is 5. The number of carbonyl (C=O) groups excluding carboxylic acids is 2. The quantitative estimate of drug-likeness (QED) is 0.827. The van der Waals surface area contributed by atoms with Gasteiger partial charge in [0.1, 0.15) is 18.5 Å². The number of rotatable bonds is 5. The van der Waals surface area contributed by atoms with Gasteiger partial charge in [-0.25, -0.2) is 0 Å². The van der Waals surface area contributed by atoms with Crippen LogP contribution in [0.4, 0.5) is 0 Å². The van der Waals surface area contributed by atoms with Gasteiger partial charge in [0.15, 0.2) is 0 Å². The standard InChI is InChI=1S/C19H22N2O4/c20-11-14-4-6-16(7-5-14)25-13-15(22)12-21-17(23)10-19(18(21)24)8-2-1-3-9-19/h4-7,15,22H,1-3,8-10,12-13H2/t15-/m0/s1. The first-order chi connectivity index (χ1) is 12.0. The molecule has 132 valence electrons. The molecule has 25 heavy (non-hydrogen) atoms. The molecule has 2 fully saturated rings. The van der Waals surface area contributed by atoms with E-state index in [0.29, 0.717) is 11.3 Å². The van der Waals surface area contributed by atoms with Gasteiger partial charge in [-0.3, -0.25) is 14.5 Å². The summed E-state index contributed by atoms with van der Waals surface area (Å²) in [5.74, 6) is 0.208. The van der Waals surface area contributed by atoms with Crippen LogP contribution in [-0.2, 0) is 9.59 Å². The Hall–Kier alpha value is -2.39. The van der Waals surface area contributed by atoms with Crippen molar-refractivity contribution in [1.82, 2.24) is 4.90 Å². The molecule has 1 atom stereocenters. The number of aliphatic hydroxyl groups is 1. The van der Waals surface area contributed by atoms with E-state index in [1.54, 1.807) is 24.3 Å². The molecule has 1 saturated carbocycles. The van der Waals surface area contributed by atoms with E-state index in [9.17, 15) is 14.7 Å². The maximum absolute atomic E-state index is 12.7. The molecule has 2 aliphatic rings. The second-order valence-electron chi connectivity index (χ2n) is 6.93. The average Bonchev–Trinajstić information content (AvgIpc) is 2.85. The Balaban J connectivity index is 1.55. The first kappa shape index (κ1) is 17.4. The molecule has 1 aliphatic heterocycles. The topological polar surface area (TPSA) is 90.6 Å². The summed E-state index contributed by atoms with van der Waals surface area (Å²) in [5.41, 5.74) is 0.00203. The van der Waals surface area contributed by atoms with Crippen molar-refractivity contribution in [3.05, 3.63) is 29.8 Å². The lowest BCUT2D eigenvalue weighted by atomic mass is 9.73. The van der Waals surface area contributed by atoms with Crippen LogP contribution >= 0.6 is 0 Å². The minimum atomic E-state index is -0.942. The van der Waals surface area contributed by atoms with Crippen molar-refractivity contribution in [3.8, 4) is 11.8 Å². The molecule has 1 aromatic carbocycles. The lowest BCUT2D eigenvalue weighted by molar-refractivity contribution is -0.144. The molecular formula is C19H22N2O4. The third-order valence-electron chi connectivity index (χ3n) is 5.12. The second kappa shape index (κ2) is 7.24. The molecule has 1 aromatic rings. The Morgan fingerprint density at radius 3 is 2.52 bits per heavy atom. The number of nitriles is 1. The van der Waals surface area contributed by atoms with Gasteiger partial charge in [-0.15, -0.1) is 0 Å². The Labute approximate surface area is 147 Å². The van der Waals surface area contributed by atoms with Gasteiger partial charge in [0, 0.05) is 6.42 Å². The maximum Gasteiger partial charge on any atom is 0.235 e. The monoisotopic (exact) mass is 342 g/mol. The zero-order valence-electron chi connectivity index (χ0n) is 14.1. The number of amides is 2. The van der Waals surface area contributed by atoms with E-state index in [2.05, 4.69) is 0 Å². The van der Waals surface area contributed by atoms with Crippen LogP contribution in [0.5, 0.6) is 5.75 Å². The normalized spacial score (nSPS) is 20.6. The minimum absolute atomic E-state index is 0.0179. The molecule has 0 aromatic heterocycles. The van der Waals surface area contributed by atoms with Gasteiger partial charge in [-0.05, 0) is 37.1 Å². The predicted molar refractivity (Wildman–Crippen MR) is 89.5 cm³/mol. The summed E-state index contributed by atoms with van der Waals surface area (Å²) in [7, 11) is 0. The van der Waals surface area contributed by atoms with Gasteiger partial charge in [-0.1, -0.05) is 19.3 Å². The average molecular weight is 342 g/mol. The molecule has 0 radical (unpaired) electrons. The fourth-order valence-corrected chi connectivity index (χ4v) is 3.75. The molecular weight excluding hydrogens is 320 g/mol. The molecule has 1 spiro atoms. The zero-order valence-corrected chi connectivity index (χ0v) is 14.1. The third-order valence-corrected chi connectivity index (χ3v) is 5.12. The van der Waals surface area contributed by atoms with Gasteiger partial charge in [0.05, 0.1) is 23.6 Å². The van der Waals surface area contributed by atoms with Gasteiger partial charge in [0.25, 0.3) is 0 Å². The molecule has 0 unspecified atom stereocenters. The van der Waals surface area contributed by atoms with Crippen LogP contribution in [0.25, 0.3) is 0 Å². The highest BCUT2D eigenvalue weighted by atomic mass is 16.5. The van der Waals surface area contributed by atoms with Crippen LogP contribution in [0.3, 0.4) is 0 Å². The van der Waals surface area contributed by atoms with Crippen LogP contribution in [0.15, 0.2) is 24.3 Å². The fraction of sp³-hybridized carbons (Fsp3) is 0.526. The van der Waals surface area contributed by atoms with Crippen molar-refractivity contribution in [2.24, 2.45) is 5.41 Å². The van der Waals surface area contributed by atoms with Gasteiger partial charge in [-0.2, -0.15) is 5.26 Å². The largest absolute Gasteiger partial charge is 0.491 e. The highest BCUT2D eigenvalue weighted by molar-refractivity contribution is 6.06. The minimum Gasteiger partial charge on any atom is -0.491 e. The van der Waals surface area contributed by atoms with Crippen molar-refractivity contribution in [2.75, 3.05) is 13.2 Å². The van der Waals surface area contributed by atoms with Gasteiger partial charge in [0.2, 0.25) is 11.8 Å². The summed E-state index contributed by atoms with van der Waals surface area (Å²) in [4.78, 5) is 26.2. The molecule has 1 heterocycles. The van der Waals surface area contributed by atoms with Crippen LogP contribution in [-0.4, -0.2) is 41.1 Å². The van der Waals surface area contributed by atoms with Crippen molar-refractivity contribution in [2.45, 2.75) is 44.6 Å². The van der Waals surface area contributed by atoms with Crippen molar-refractivity contribution >= 4 is 11.8 Å². The van der Waals surface area contributed by atoms with E-state index in [0.717, 1.165) is 32.1 Å². The molecule has 0 bridgehead atoms. The maximum atomic E-state index is 12.7. The Bertz CT molecular complexity index is 686. The molecule has 6 heteroatoms. The number of benzene rings is 1. The number of hydrogen-bond donors (Lipinski definition) is 1. The summed E-state index contributed by atoms with van der Waals surface area (Å²) >= 11 is 0. The van der Waals surface area contributed by atoms with E-state index in [4.69, 9.17) is 10.00 Å². The number of carbonyl (C=O) groups is 2. The number of ether oxygens (including phenoxy) is 1. The highest BCUT2D eigenvalue weighted by Crippen LogP contribution is 2.45. The smallest absolute Gasteiger partial charge is 0.235 e. The Morgan fingerprint density at radius 2 is 1.88 bits per heavy atom. The second-order valence-corrected chi connectivity index (χ2v) is 6.93. The van der Waals surface area contributed by atoms with E-state index < -0.39 is 11.5 Å². The summed E-state index contributed by atoms with van der Waals surface area (Å²) in [5, 5.41) is 18.9. The molecule has 1 saturated heterocycles. The number of nitrogens with zero attached hydrogens (tertiary/aromatic N) is 2. The lowest BCUT2D eigenvalue weighted by Crippen LogP contribution is -2.42. The van der Waals surface area contributed by atoms with Crippen LogP contribution in [0.1, 0.15) is 44.1 Å². The van der Waals surface area contributed by atoms with Crippen LogP contribution in [0.2, 0.25) is 0 Å². The fourth-order valence-electron chi connectivity index (χ4n) is 3.75. The Morgan fingerprint density at radius 1 is 1.20 bits per heavy atom. The summed E-state index contributed by atoms with van der Waals surface area (Å²) in [6.07, 6.45) is 3.95. The number of aliphatic hydroxyl groups excluding tert-OH is 1. The molecule has 1 N–H and O–H groups in total. The van der Waals surface area contributed by atoms with E-state index in [1.165, 1.54) is 4.90 Å². The number of imide groups is 1. The van der Waals surface area contributed by atoms with Crippen molar-refractivity contribution in [1.29, 1.82) is 5.26 Å². The van der Waals surface area contributed by atoms with E-state index in [-0.39, 0.29) is 31.4 Å². The molecule has 2 amide bonds. The number of β-amino-alcohol motifs (C(OH)–C–C–N with tert-alkyl or cyclic N) is 1. The zero-order chi connectivity index (χ0) is 17.9. The van der Waals surface area contributed by atoms with E-state index in [1.807, 2.05) is 6.07 Å². The SMILES string of the molecule is N#Cc1ccc(OC[C@@H](O)CN2C(=O)CC3(CCCCC3)C2=O)cc1. The first-order valence-corrected chi connectivity index (χ1v) is 8.70. The van der Waals surface area contributed by atoms with Crippen molar-refractivity contribution in [3.63, 3.8) is 0 Å². The summed E-state index contributed by atoms with van der Waals surface area (Å²) in [6, 6.07) is 8.57. The van der Waals surface area contributed by atoms with Crippen molar-refractivity contribution < 1.29 is 19.4 Å². The molecule has 1 aliphatic carbocycles. The molecule has 3 rings (SSSR count). The van der Waals surface area contributed by atoms with Crippen LogP contribution < -0.4 is 4.74 Å². The number of likely N-dealkylation sites (tertiary alicyclic amines) is 1. The van der Waals surface area contributed by atoms with Crippen LogP contribution in [0, 0.1) is 16.7 Å².